The Hall–Kier alpha value is -2.33. The van der Waals surface area contributed by atoms with Crippen molar-refractivity contribution < 1.29 is 14.7 Å². The standard InChI is InChI=1S/C21H20ClNO3/c1-13(24)17-19(25)18-16(14-5-7-15(22)8-6-14)9-12-23(18)21(20(17)26)10-3-2-4-11-21/h5-9,12,25H,2-4,10-11H2,1H3. The highest BCUT2D eigenvalue weighted by molar-refractivity contribution is 6.30. The molecule has 2 heterocycles. The first-order valence-electron chi connectivity index (χ1n) is 8.93. The number of aliphatic hydroxyl groups excluding tert-OH is 1. The highest BCUT2D eigenvalue weighted by Gasteiger charge is 2.49. The fraction of sp³-hybridized carbons (Fsp3) is 0.333. The number of allylic oxidation sites excluding steroid dienone is 1. The van der Waals surface area contributed by atoms with Gasteiger partial charge in [0.25, 0.3) is 0 Å². The first-order valence-corrected chi connectivity index (χ1v) is 9.30. The molecule has 0 saturated heterocycles. The van der Waals surface area contributed by atoms with Crippen molar-refractivity contribution in [2.75, 3.05) is 0 Å². The highest BCUT2D eigenvalue weighted by atomic mass is 35.5. The molecule has 0 atom stereocenters. The fourth-order valence-corrected chi connectivity index (χ4v) is 4.52. The zero-order valence-electron chi connectivity index (χ0n) is 14.6. The van der Waals surface area contributed by atoms with Crippen LogP contribution in [0.15, 0.2) is 42.1 Å². The molecule has 0 unspecified atom stereocenters. The number of fused-ring (bicyclic) bond motifs is 2. The maximum Gasteiger partial charge on any atom is 0.196 e. The lowest BCUT2D eigenvalue weighted by molar-refractivity contribution is -0.128. The summed E-state index contributed by atoms with van der Waals surface area (Å²) in [5.74, 6) is -0.839. The number of Topliss-reactive ketones (excluding diaryl/α,β-unsaturated/α-hetero) is 2. The Bertz CT molecular complexity index is 931. The highest BCUT2D eigenvalue weighted by Crippen LogP contribution is 2.46. The lowest BCUT2D eigenvalue weighted by Crippen LogP contribution is -2.48. The third kappa shape index (κ3) is 2.36. The van der Waals surface area contributed by atoms with Crippen LogP contribution in [0.1, 0.15) is 44.7 Å². The van der Waals surface area contributed by atoms with Gasteiger partial charge in [-0.05, 0) is 43.5 Å². The molecule has 1 saturated carbocycles. The molecule has 1 aromatic carbocycles. The Balaban J connectivity index is 1.99. The first-order chi connectivity index (χ1) is 12.5. The summed E-state index contributed by atoms with van der Waals surface area (Å²) in [6.07, 6.45) is 6.21. The van der Waals surface area contributed by atoms with Gasteiger partial charge in [-0.2, -0.15) is 0 Å². The number of halogens is 1. The third-order valence-electron chi connectivity index (χ3n) is 5.65. The molecule has 0 amide bonds. The number of rotatable bonds is 2. The zero-order chi connectivity index (χ0) is 18.5. The van der Waals surface area contributed by atoms with Gasteiger partial charge in [-0.25, -0.2) is 0 Å². The summed E-state index contributed by atoms with van der Waals surface area (Å²) in [6.45, 7) is 1.35. The number of ketones is 2. The summed E-state index contributed by atoms with van der Waals surface area (Å²) in [6, 6.07) is 9.24. The smallest absolute Gasteiger partial charge is 0.196 e. The second kappa shape index (κ2) is 6.13. The van der Waals surface area contributed by atoms with Crippen molar-refractivity contribution in [2.24, 2.45) is 0 Å². The maximum atomic E-state index is 13.2. The van der Waals surface area contributed by atoms with Gasteiger partial charge >= 0.3 is 0 Å². The Kier molecular flexibility index (Phi) is 4.03. The van der Waals surface area contributed by atoms with E-state index in [4.69, 9.17) is 11.6 Å². The van der Waals surface area contributed by atoms with E-state index in [0.717, 1.165) is 30.4 Å². The van der Waals surface area contributed by atoms with Crippen molar-refractivity contribution in [3.05, 3.63) is 52.8 Å². The molecular formula is C21H20ClNO3. The Labute approximate surface area is 157 Å². The van der Waals surface area contributed by atoms with Crippen molar-refractivity contribution in [2.45, 2.75) is 44.6 Å². The van der Waals surface area contributed by atoms with E-state index in [1.165, 1.54) is 6.92 Å². The van der Waals surface area contributed by atoms with Crippen molar-refractivity contribution in [1.29, 1.82) is 0 Å². The van der Waals surface area contributed by atoms with Crippen LogP contribution in [-0.2, 0) is 15.1 Å². The monoisotopic (exact) mass is 369 g/mol. The van der Waals surface area contributed by atoms with Crippen molar-refractivity contribution >= 4 is 28.9 Å². The molecule has 1 aromatic heterocycles. The molecule has 0 radical (unpaired) electrons. The first kappa shape index (κ1) is 17.1. The van der Waals surface area contributed by atoms with E-state index >= 15 is 0 Å². The Morgan fingerprint density at radius 1 is 1.12 bits per heavy atom. The third-order valence-corrected chi connectivity index (χ3v) is 5.90. The van der Waals surface area contributed by atoms with E-state index in [9.17, 15) is 14.7 Å². The van der Waals surface area contributed by atoms with Crippen LogP contribution in [0.2, 0.25) is 5.02 Å². The number of nitrogens with zero attached hydrogens (tertiary/aromatic N) is 1. The van der Waals surface area contributed by atoms with Crippen LogP contribution in [0, 0.1) is 0 Å². The largest absolute Gasteiger partial charge is 0.505 e. The minimum absolute atomic E-state index is 0.0617. The van der Waals surface area contributed by atoms with E-state index in [0.29, 0.717) is 23.6 Å². The topological polar surface area (TPSA) is 59.3 Å². The van der Waals surface area contributed by atoms with E-state index in [1.54, 1.807) is 12.1 Å². The van der Waals surface area contributed by atoms with Gasteiger partial charge in [-0.3, -0.25) is 9.59 Å². The molecule has 0 bridgehead atoms. The average molecular weight is 370 g/mol. The molecule has 1 aliphatic heterocycles. The minimum Gasteiger partial charge on any atom is -0.505 e. The van der Waals surface area contributed by atoms with E-state index in [-0.39, 0.29) is 22.9 Å². The molecule has 1 aliphatic carbocycles. The summed E-state index contributed by atoms with van der Waals surface area (Å²) >= 11 is 5.99. The molecule has 2 aliphatic rings. The quantitative estimate of drug-likeness (QED) is 0.765. The molecule has 1 N–H and O–H groups in total. The van der Waals surface area contributed by atoms with Crippen molar-refractivity contribution in [1.82, 2.24) is 4.57 Å². The molecular weight excluding hydrogens is 350 g/mol. The van der Waals surface area contributed by atoms with Gasteiger partial charge in [-0.1, -0.05) is 43.0 Å². The van der Waals surface area contributed by atoms with Gasteiger partial charge in [0.05, 0.1) is 5.69 Å². The summed E-state index contributed by atoms with van der Waals surface area (Å²) in [5.41, 5.74) is 1.42. The van der Waals surface area contributed by atoms with Gasteiger partial charge in [0.15, 0.2) is 17.3 Å². The van der Waals surface area contributed by atoms with E-state index in [1.807, 2.05) is 29.0 Å². The Morgan fingerprint density at radius 3 is 2.38 bits per heavy atom. The van der Waals surface area contributed by atoms with Crippen LogP contribution in [-0.4, -0.2) is 21.2 Å². The van der Waals surface area contributed by atoms with Crippen LogP contribution >= 0.6 is 11.6 Å². The predicted molar refractivity (Wildman–Crippen MR) is 101 cm³/mol. The number of benzene rings is 1. The normalized spacial score (nSPS) is 18.9. The van der Waals surface area contributed by atoms with Crippen LogP contribution < -0.4 is 0 Å². The van der Waals surface area contributed by atoms with Crippen LogP contribution in [0.4, 0.5) is 0 Å². The molecule has 4 rings (SSSR count). The molecule has 1 spiro atoms. The number of aromatic nitrogens is 1. The van der Waals surface area contributed by atoms with Gasteiger partial charge in [0.2, 0.25) is 0 Å². The average Bonchev–Trinajstić information content (AvgIpc) is 3.07. The van der Waals surface area contributed by atoms with Crippen molar-refractivity contribution in [3.8, 4) is 11.1 Å². The lowest BCUT2D eigenvalue weighted by atomic mass is 9.73. The van der Waals surface area contributed by atoms with Gasteiger partial charge in [-0.15, -0.1) is 0 Å². The number of aliphatic hydroxyl groups is 1. The number of carbonyl (C=O) groups is 2. The number of hydrogen-bond donors (Lipinski definition) is 1. The van der Waals surface area contributed by atoms with Crippen LogP contribution in [0.3, 0.4) is 0 Å². The predicted octanol–water partition coefficient (Wildman–Crippen LogP) is 4.91. The molecule has 2 aromatic rings. The number of hydrogen-bond acceptors (Lipinski definition) is 3. The molecule has 1 fully saturated rings. The lowest BCUT2D eigenvalue weighted by Gasteiger charge is -2.41. The van der Waals surface area contributed by atoms with Gasteiger partial charge in [0.1, 0.15) is 11.1 Å². The zero-order valence-corrected chi connectivity index (χ0v) is 15.3. The SMILES string of the molecule is CC(=O)C1=C(O)c2c(-c3ccc(Cl)cc3)ccn2C2(CCCCC2)C1=O. The summed E-state index contributed by atoms with van der Waals surface area (Å²) in [7, 11) is 0. The van der Waals surface area contributed by atoms with E-state index in [2.05, 4.69) is 0 Å². The molecule has 5 heteroatoms. The summed E-state index contributed by atoms with van der Waals surface area (Å²) in [4.78, 5) is 25.4. The Morgan fingerprint density at radius 2 is 1.77 bits per heavy atom. The van der Waals surface area contributed by atoms with Gasteiger partial charge in [0, 0.05) is 16.8 Å². The second-order valence-electron chi connectivity index (χ2n) is 7.16. The van der Waals surface area contributed by atoms with Crippen molar-refractivity contribution in [3.63, 3.8) is 0 Å². The van der Waals surface area contributed by atoms with Gasteiger partial charge < -0.3 is 9.67 Å². The number of carbonyl (C=O) groups excluding carboxylic acids is 2. The molecule has 26 heavy (non-hydrogen) atoms. The summed E-state index contributed by atoms with van der Waals surface area (Å²) < 4.78 is 1.90. The summed E-state index contributed by atoms with van der Waals surface area (Å²) in [5, 5.41) is 11.5. The molecule has 134 valence electrons. The van der Waals surface area contributed by atoms with Crippen LogP contribution in [0.25, 0.3) is 16.9 Å². The minimum atomic E-state index is -0.758. The fourth-order valence-electron chi connectivity index (χ4n) is 4.39. The molecule has 4 nitrogen and oxygen atoms in total. The van der Waals surface area contributed by atoms with E-state index < -0.39 is 5.54 Å². The second-order valence-corrected chi connectivity index (χ2v) is 7.59. The van der Waals surface area contributed by atoms with Crippen LogP contribution in [0.5, 0.6) is 0 Å². The maximum absolute atomic E-state index is 13.2.